The smallest absolute Gasteiger partial charge is 0.326 e. The molecule has 0 saturated carbocycles. The second kappa shape index (κ2) is 65.0. The van der Waals surface area contributed by atoms with Gasteiger partial charge in [-0.1, -0.05) is 74.5 Å². The number of fused-ring (bicyclic) bond motifs is 1. The van der Waals surface area contributed by atoms with Crippen molar-refractivity contribution in [2.24, 2.45) is 40.3 Å². The van der Waals surface area contributed by atoms with Crippen molar-refractivity contribution >= 4 is 141 Å². The topological polar surface area (TPSA) is 864 Å². The summed E-state index contributed by atoms with van der Waals surface area (Å²) in [5, 5.41) is 109. The molecule has 16 amide bonds. The quantitative estimate of drug-likeness (QED) is 0.00977. The number of aliphatic hydroxyl groups is 2. The number of carbonyl (C=O) groups excluding carboxylic acids is 16. The van der Waals surface area contributed by atoms with E-state index in [0.29, 0.717) is 66.1 Å². The number of benzene rings is 3. The van der Waals surface area contributed by atoms with Crippen LogP contribution >= 0.6 is 11.8 Å². The third kappa shape index (κ3) is 42.8. The normalized spacial score (nSPS) is 15.0. The lowest BCUT2D eigenvalue weighted by molar-refractivity contribution is -0.142. The second-order valence-corrected chi connectivity index (χ2v) is 36.9. The molecule has 5 aromatic rings. The molecule has 2 aromatic heterocycles. The van der Waals surface area contributed by atoms with Crippen LogP contribution in [0.1, 0.15) is 152 Å². The van der Waals surface area contributed by atoms with E-state index in [1.807, 2.05) is 0 Å². The maximum atomic E-state index is 15.3. The first kappa shape index (κ1) is 122. The van der Waals surface area contributed by atoms with Crippen LogP contribution in [0.2, 0.25) is 0 Å². The number of nitrogens with one attached hydrogen (secondary N) is 21. The number of hydrogen-bond donors (Lipinski definition) is 32. The van der Waals surface area contributed by atoms with Gasteiger partial charge in [0, 0.05) is 75.0 Å². The number of guanidine groups is 2. The highest BCUT2D eigenvalue weighted by molar-refractivity contribution is 7.98. The van der Waals surface area contributed by atoms with E-state index in [1.165, 1.54) is 53.5 Å². The Morgan fingerprint density at radius 3 is 1.39 bits per heavy atom. The lowest BCUT2D eigenvalue weighted by Crippen LogP contribution is -2.61. The van der Waals surface area contributed by atoms with Crippen LogP contribution in [0.5, 0.6) is 5.75 Å². The summed E-state index contributed by atoms with van der Waals surface area (Å²) in [5.74, 6) is -19.2. The number of aromatic amines is 2. The van der Waals surface area contributed by atoms with E-state index in [9.17, 15) is 97.5 Å². The minimum Gasteiger partial charge on any atom is -0.508 e. The van der Waals surface area contributed by atoms with Gasteiger partial charge in [0.05, 0.1) is 38.3 Å². The molecule has 814 valence electrons. The predicted molar refractivity (Wildman–Crippen MR) is 544 cm³/mol. The summed E-state index contributed by atoms with van der Waals surface area (Å²) in [6.07, 6.45) is 5.62. The molecule has 1 aliphatic heterocycles. The van der Waals surface area contributed by atoms with Crippen molar-refractivity contribution in [3.8, 4) is 5.75 Å². The Hall–Kier alpha value is -14.7. The molecule has 0 spiro atoms. The van der Waals surface area contributed by atoms with Crippen molar-refractivity contribution < 1.29 is 112 Å². The Morgan fingerprint density at radius 1 is 0.459 bits per heavy atom. The van der Waals surface area contributed by atoms with Crippen LogP contribution in [0.25, 0.3) is 10.9 Å². The number of unbranched alkanes of at least 4 members (excludes halogenated alkanes) is 3. The molecule has 1 aliphatic rings. The molecule has 38 N–H and O–H groups in total. The van der Waals surface area contributed by atoms with Gasteiger partial charge in [-0.3, -0.25) is 92.3 Å². The van der Waals surface area contributed by atoms with Crippen LogP contribution in [-0.2, 0) is 112 Å². The third-order valence-corrected chi connectivity index (χ3v) is 24.7. The van der Waals surface area contributed by atoms with Crippen LogP contribution in [0.3, 0.4) is 0 Å². The van der Waals surface area contributed by atoms with Gasteiger partial charge in [-0.15, -0.1) is 0 Å². The van der Waals surface area contributed by atoms with E-state index in [-0.39, 0.29) is 146 Å². The molecule has 15 atom stereocenters. The third-order valence-electron chi connectivity index (χ3n) is 24.0. The minimum atomic E-state index is -1.82. The number of aliphatic carboxylic acids is 2. The highest BCUT2D eigenvalue weighted by Gasteiger charge is 2.42. The lowest BCUT2D eigenvalue weighted by atomic mass is 10.0. The van der Waals surface area contributed by atoms with E-state index >= 15 is 14.4 Å². The van der Waals surface area contributed by atoms with Gasteiger partial charge in [0.1, 0.15) is 96.4 Å². The first-order valence-electron chi connectivity index (χ1n) is 49.0. The van der Waals surface area contributed by atoms with E-state index in [2.05, 4.69) is 105 Å². The number of imidazole rings is 1. The minimum absolute atomic E-state index is 0.000812. The Kier molecular flexibility index (Phi) is 53.6. The van der Waals surface area contributed by atoms with Gasteiger partial charge in [-0.2, -0.15) is 11.8 Å². The Labute approximate surface area is 859 Å². The number of nitrogens with two attached hydrogens (primary N) is 6. The Balaban J connectivity index is 1.20. The van der Waals surface area contributed by atoms with Gasteiger partial charge < -0.3 is 165 Å². The molecule has 1 fully saturated rings. The van der Waals surface area contributed by atoms with E-state index in [4.69, 9.17) is 45.2 Å². The van der Waals surface area contributed by atoms with Crippen LogP contribution < -0.4 is 125 Å². The van der Waals surface area contributed by atoms with Crippen molar-refractivity contribution in [3.63, 3.8) is 0 Å². The molecule has 0 bridgehead atoms. The number of phenolic OH excluding ortho intramolecular Hbond substituents is 1. The van der Waals surface area contributed by atoms with Crippen LogP contribution in [0.15, 0.2) is 97.6 Å². The fourth-order valence-electron chi connectivity index (χ4n) is 15.9. The number of hydrogen-bond acceptors (Lipinski definition) is 29. The number of aromatic hydroxyl groups is 1. The van der Waals surface area contributed by atoms with Crippen LogP contribution in [-0.4, -0.2) is 332 Å². The molecule has 0 radical (unpaired) electrons. The first-order chi connectivity index (χ1) is 70.7. The number of carbonyl (C=O) groups is 18. The standard InChI is InChI=1S/C95H145N29O23S/c1-53(2)78(91(144)109-49-75(128)111-62(22-9-12-35-96)81(134)113-63(23-10-13-36-97)82(135)117-68(93(146)147)26-16-39-106-95(102)103)123-90(143)74-27-17-40-124(74)92(145)67(24-11-14-37-98)112-76(129)48-108-80(133)71(44-56-46-107-61-21-8-7-20-59(56)61)120-83(136)64(25-15-38-105-94(100)101)114-86(139)70(42-54-18-5-4-6-19-54)119-88(141)72(45-57-47-104-52-110-57)121-84(137)65(32-33-77(130)131)115-85(138)66(34-41-148-3)116-89(142)73(51-126)122-87(140)69(118-79(132)60(99)50-125)43-55-28-30-58(127)31-29-55/h4-8,18-21,28-31,46-47,52-53,60,62-74,78,107,125-127H,9-17,22-27,32-45,48-51,96-99H2,1-3H3,(H,104,110)(H,108,133)(H,109,144)(H,111,128)(H,112,129)(H,113,134)(H,114,139)(H,115,138)(H,116,142)(H,117,135)(H,118,132)(H,119,141)(H,120,136)(H,121,137)(H,122,140)(H,123,143)(H,130,131)(H,146,147)(H4,100,101,105)(H4,102,103,106). The van der Waals surface area contributed by atoms with Gasteiger partial charge in [0.15, 0.2) is 11.9 Å². The number of thioether (sulfide) groups is 1. The number of rotatable bonds is 69. The maximum absolute atomic E-state index is 15.3. The van der Waals surface area contributed by atoms with E-state index in [0.717, 1.165) is 0 Å². The number of carboxylic acid groups (broad SMARTS) is 2. The lowest BCUT2D eigenvalue weighted by Gasteiger charge is -2.30. The molecule has 3 heterocycles. The summed E-state index contributed by atoms with van der Waals surface area (Å²) < 4.78 is 0. The van der Waals surface area contributed by atoms with Crippen molar-refractivity contribution in [2.75, 3.05) is 77.6 Å². The fraction of sp³-hybridized carbons (Fsp3) is 0.547. The molecule has 52 nitrogen and oxygen atoms in total. The average Bonchev–Trinajstić information content (AvgIpc) is 1.67. The zero-order chi connectivity index (χ0) is 109. The number of aromatic nitrogens is 3. The van der Waals surface area contributed by atoms with Gasteiger partial charge in [-0.25, -0.2) is 9.78 Å². The number of amides is 16. The molecular weight excluding hydrogens is 1950 g/mol. The summed E-state index contributed by atoms with van der Waals surface area (Å²) in [6.45, 7) is 0.591. The summed E-state index contributed by atoms with van der Waals surface area (Å²) in [4.78, 5) is 266. The molecular formula is C95H145N29O23S. The number of H-pyrrole nitrogens is 2. The SMILES string of the molecule is CSCCC(NC(=O)C(CO)NC(=O)C(Cc1ccc(O)cc1)NC(=O)C(N)CO)C(=O)NC(CCC(=O)O)C(=O)NC(Cc1c[nH]cn1)C(=O)NC(Cc1ccccc1)C(=O)NC(CCCNC(=N)N)C(=O)NC(Cc1c[nH]c2ccccc12)C(=O)NCC(=O)NC(CCCCN)C(=O)N1CCCC1C(=O)NC(C(=O)NCC(=O)NC(CCCCN)C(=O)NC(CCCCN)C(=O)NC(CCCNC(=N)N)C(=O)O)C(C)C. The van der Waals surface area contributed by atoms with Crippen LogP contribution in [0.4, 0.5) is 0 Å². The molecule has 53 heteroatoms. The monoisotopic (exact) mass is 2090 g/mol. The summed E-state index contributed by atoms with van der Waals surface area (Å²) >= 11 is 1.22. The number of phenols is 1. The number of nitrogens with zero attached hydrogens (tertiary/aromatic N) is 2. The second-order valence-electron chi connectivity index (χ2n) is 35.9. The van der Waals surface area contributed by atoms with Gasteiger partial charge in [0.2, 0.25) is 94.5 Å². The molecule has 0 aliphatic carbocycles. The van der Waals surface area contributed by atoms with Crippen molar-refractivity contribution in [2.45, 2.75) is 246 Å². The predicted octanol–water partition coefficient (Wildman–Crippen LogP) is -7.02. The van der Waals surface area contributed by atoms with Crippen molar-refractivity contribution in [1.82, 2.24) is 110 Å². The summed E-state index contributed by atoms with van der Waals surface area (Å²) in [6, 6.07) is -1.90. The first-order valence-corrected chi connectivity index (χ1v) is 50.4. The number of likely N-dealkylation sites (tertiary alicyclic amines) is 1. The number of carboxylic acids is 2. The molecule has 1 saturated heterocycles. The Morgan fingerprint density at radius 2 is 0.892 bits per heavy atom. The molecule has 3 aromatic carbocycles. The van der Waals surface area contributed by atoms with Crippen molar-refractivity contribution in [1.29, 1.82) is 10.8 Å². The Bertz CT molecular complexity index is 5220. The van der Waals surface area contributed by atoms with Gasteiger partial charge in [0.25, 0.3) is 0 Å². The largest absolute Gasteiger partial charge is 0.508 e. The molecule has 148 heavy (non-hydrogen) atoms. The van der Waals surface area contributed by atoms with Gasteiger partial charge >= 0.3 is 11.9 Å². The van der Waals surface area contributed by atoms with E-state index in [1.54, 1.807) is 80.9 Å². The zero-order valence-electron chi connectivity index (χ0n) is 83.2. The fourth-order valence-corrected chi connectivity index (χ4v) is 16.4. The molecule has 15 unspecified atom stereocenters. The van der Waals surface area contributed by atoms with Gasteiger partial charge in [-0.05, 0) is 182 Å². The average molecular weight is 2090 g/mol. The summed E-state index contributed by atoms with van der Waals surface area (Å²) in [5.41, 5.74) is 36.2. The molecule has 6 rings (SSSR count). The summed E-state index contributed by atoms with van der Waals surface area (Å²) in [7, 11) is 0. The zero-order valence-corrected chi connectivity index (χ0v) is 84.0. The number of aliphatic hydroxyl groups excluding tert-OH is 2. The highest BCUT2D eigenvalue weighted by atomic mass is 32.2. The van der Waals surface area contributed by atoms with Crippen molar-refractivity contribution in [3.05, 3.63) is 120 Å². The highest BCUT2D eigenvalue weighted by Crippen LogP contribution is 2.24. The number of para-hydroxylation sites is 1. The van der Waals surface area contributed by atoms with E-state index < -0.39 is 255 Å². The van der Waals surface area contributed by atoms with Crippen LogP contribution in [0, 0.1) is 16.7 Å². The maximum Gasteiger partial charge on any atom is 0.326 e.